The van der Waals surface area contributed by atoms with Gasteiger partial charge in [-0.15, -0.1) is 13.2 Å². The molecule has 2 fully saturated rings. The van der Waals surface area contributed by atoms with Gasteiger partial charge >= 0.3 is 12.4 Å². The third-order valence-electron chi connectivity index (χ3n) is 5.74. The first-order valence-corrected chi connectivity index (χ1v) is 10.1. The number of ether oxygens (including phenoxy) is 1. The van der Waals surface area contributed by atoms with Crippen LogP contribution in [0.4, 0.5) is 23.7 Å². The number of aromatic nitrogens is 1. The second-order valence-corrected chi connectivity index (χ2v) is 8.09. The lowest BCUT2D eigenvalue weighted by atomic mass is 10.1. The van der Waals surface area contributed by atoms with Crippen molar-refractivity contribution in [2.75, 3.05) is 4.90 Å². The van der Waals surface area contributed by atoms with Crippen molar-refractivity contribution < 1.29 is 27.5 Å². The molecule has 0 atom stereocenters. The Morgan fingerprint density at radius 3 is 2.41 bits per heavy atom. The van der Waals surface area contributed by atoms with Crippen molar-refractivity contribution in [1.82, 2.24) is 9.88 Å². The number of pyridine rings is 1. The zero-order valence-electron chi connectivity index (χ0n) is 16.4. The number of benzene rings is 2. The Morgan fingerprint density at radius 2 is 1.75 bits per heavy atom. The Kier molecular flexibility index (Phi) is 4.56. The van der Waals surface area contributed by atoms with E-state index in [4.69, 9.17) is 11.6 Å². The maximum absolute atomic E-state index is 13.3. The van der Waals surface area contributed by atoms with Gasteiger partial charge in [0.15, 0.2) is 0 Å². The summed E-state index contributed by atoms with van der Waals surface area (Å²) in [6.07, 6.45) is -2.31. The summed E-state index contributed by atoms with van der Waals surface area (Å²) < 4.78 is 41.1. The first kappa shape index (κ1) is 20.6. The molecule has 10 heteroatoms. The largest absolute Gasteiger partial charge is 0.573 e. The van der Waals surface area contributed by atoms with E-state index < -0.39 is 29.6 Å². The second kappa shape index (κ2) is 7.09. The zero-order chi connectivity index (χ0) is 22.7. The van der Waals surface area contributed by atoms with Gasteiger partial charge in [-0.25, -0.2) is 9.69 Å². The summed E-state index contributed by atoms with van der Waals surface area (Å²) in [5.41, 5.74) is 0.604. The molecule has 1 saturated heterocycles. The van der Waals surface area contributed by atoms with Gasteiger partial charge in [-0.2, -0.15) is 0 Å². The van der Waals surface area contributed by atoms with Crippen LogP contribution in [0.25, 0.3) is 10.9 Å². The minimum absolute atomic E-state index is 0.109. The number of nitrogens with zero attached hydrogens (tertiary/aromatic N) is 3. The first-order chi connectivity index (χ1) is 15.2. The number of anilines is 1. The number of urea groups is 1. The molecular formula is C22H15ClF3N3O3. The fraction of sp³-hybridized carbons (Fsp3) is 0.227. The van der Waals surface area contributed by atoms with Crippen molar-refractivity contribution in [3.8, 4) is 5.75 Å². The van der Waals surface area contributed by atoms with Crippen LogP contribution in [0.5, 0.6) is 5.75 Å². The molecule has 3 aromatic rings. The van der Waals surface area contributed by atoms with Crippen LogP contribution in [0, 0.1) is 0 Å². The molecule has 32 heavy (non-hydrogen) atoms. The van der Waals surface area contributed by atoms with E-state index in [0.717, 1.165) is 22.4 Å². The topological polar surface area (TPSA) is 62.7 Å². The molecule has 3 amide bonds. The maximum atomic E-state index is 13.3. The van der Waals surface area contributed by atoms with E-state index in [-0.39, 0.29) is 12.2 Å². The van der Waals surface area contributed by atoms with Crippen LogP contribution in [0.1, 0.15) is 18.4 Å². The third-order valence-corrected chi connectivity index (χ3v) is 6.07. The molecule has 0 N–H and O–H groups in total. The summed E-state index contributed by atoms with van der Waals surface area (Å²) >= 11 is 6.40. The standard InChI is InChI=1S/C22H15ClF3N3O3/c23-17-11-27-18-4-2-1-3-15(18)16(17)12-28-20(31)29(19(30)21(28)9-10-21)13-5-7-14(8-6-13)32-22(24,25)26/h1-8,11H,9-10,12H2. The van der Waals surface area contributed by atoms with Gasteiger partial charge in [0.05, 0.1) is 22.8 Å². The molecule has 0 unspecified atom stereocenters. The number of halogens is 4. The lowest BCUT2D eigenvalue weighted by Crippen LogP contribution is -2.36. The number of carbonyl (C=O) groups excluding carboxylic acids is 2. The van der Waals surface area contributed by atoms with Crippen molar-refractivity contribution in [2.45, 2.75) is 31.3 Å². The minimum Gasteiger partial charge on any atom is -0.406 e. The molecule has 2 heterocycles. The molecule has 0 radical (unpaired) electrons. The number of imide groups is 1. The van der Waals surface area contributed by atoms with E-state index in [1.807, 2.05) is 24.3 Å². The van der Waals surface area contributed by atoms with Crippen molar-refractivity contribution in [1.29, 1.82) is 0 Å². The molecule has 164 valence electrons. The molecule has 0 bridgehead atoms. The number of hydrogen-bond donors (Lipinski definition) is 0. The SMILES string of the molecule is O=C1N(c2ccc(OC(F)(F)F)cc2)C(=O)C2(CC2)N1Cc1c(Cl)cnc2ccccc12. The van der Waals surface area contributed by atoms with Crippen LogP contribution in [0.15, 0.2) is 54.7 Å². The van der Waals surface area contributed by atoms with Crippen molar-refractivity contribution in [3.05, 3.63) is 65.3 Å². The van der Waals surface area contributed by atoms with Crippen molar-refractivity contribution in [3.63, 3.8) is 0 Å². The summed E-state index contributed by atoms with van der Waals surface area (Å²) in [5, 5.41) is 1.16. The molecule has 5 rings (SSSR count). The zero-order valence-corrected chi connectivity index (χ0v) is 17.2. The summed E-state index contributed by atoms with van der Waals surface area (Å²) in [6.45, 7) is 0.109. The average molecular weight is 462 g/mol. The highest BCUT2D eigenvalue weighted by Crippen LogP contribution is 2.50. The average Bonchev–Trinajstić information content (AvgIpc) is 3.51. The van der Waals surface area contributed by atoms with E-state index in [9.17, 15) is 22.8 Å². The number of fused-ring (bicyclic) bond motifs is 1. The quantitative estimate of drug-likeness (QED) is 0.495. The van der Waals surface area contributed by atoms with Gasteiger partial charge in [-0.3, -0.25) is 9.78 Å². The lowest BCUT2D eigenvalue weighted by molar-refractivity contribution is -0.274. The van der Waals surface area contributed by atoms with Crippen molar-refractivity contribution >= 4 is 40.1 Å². The highest BCUT2D eigenvalue weighted by atomic mass is 35.5. The normalized spacial score (nSPS) is 17.5. The monoisotopic (exact) mass is 461 g/mol. The smallest absolute Gasteiger partial charge is 0.406 e. The van der Waals surface area contributed by atoms with Gasteiger partial charge in [-0.05, 0) is 43.2 Å². The molecule has 1 spiro atoms. The van der Waals surface area contributed by atoms with E-state index in [0.29, 0.717) is 28.9 Å². The maximum Gasteiger partial charge on any atom is 0.573 e. The van der Waals surface area contributed by atoms with E-state index in [1.54, 1.807) is 0 Å². The second-order valence-electron chi connectivity index (χ2n) is 7.68. The Labute approximate surface area is 185 Å². The number of amides is 3. The highest BCUT2D eigenvalue weighted by molar-refractivity contribution is 6.32. The predicted octanol–water partition coefficient (Wildman–Crippen LogP) is 5.29. The number of carbonyl (C=O) groups is 2. The van der Waals surface area contributed by atoms with Crippen LogP contribution >= 0.6 is 11.6 Å². The van der Waals surface area contributed by atoms with Gasteiger partial charge in [0, 0.05) is 17.1 Å². The summed E-state index contributed by atoms with van der Waals surface area (Å²) in [4.78, 5) is 33.3. The Morgan fingerprint density at radius 1 is 1.06 bits per heavy atom. The first-order valence-electron chi connectivity index (χ1n) is 9.74. The molecule has 1 aliphatic carbocycles. The molecule has 6 nitrogen and oxygen atoms in total. The Hall–Kier alpha value is -3.33. The molecule has 1 aliphatic heterocycles. The van der Waals surface area contributed by atoms with Crippen LogP contribution in [0.3, 0.4) is 0 Å². The lowest BCUT2D eigenvalue weighted by Gasteiger charge is -2.22. The van der Waals surface area contributed by atoms with Crippen LogP contribution < -0.4 is 9.64 Å². The molecule has 1 aromatic heterocycles. The molecule has 1 saturated carbocycles. The highest BCUT2D eigenvalue weighted by Gasteiger charge is 2.65. The predicted molar refractivity (Wildman–Crippen MR) is 110 cm³/mol. The van der Waals surface area contributed by atoms with Crippen LogP contribution in [-0.4, -0.2) is 33.7 Å². The van der Waals surface area contributed by atoms with Gasteiger partial charge in [0.2, 0.25) is 0 Å². The van der Waals surface area contributed by atoms with Crippen LogP contribution in [0.2, 0.25) is 5.02 Å². The number of hydrogen-bond acceptors (Lipinski definition) is 4. The number of rotatable bonds is 4. The summed E-state index contributed by atoms with van der Waals surface area (Å²) in [6, 6.07) is 11.5. The molecular weight excluding hydrogens is 447 g/mol. The Balaban J connectivity index is 1.47. The Bertz CT molecular complexity index is 1240. The summed E-state index contributed by atoms with van der Waals surface area (Å²) in [7, 11) is 0. The molecule has 2 aliphatic rings. The molecule has 2 aromatic carbocycles. The minimum atomic E-state index is -4.83. The third kappa shape index (κ3) is 3.33. The van der Waals surface area contributed by atoms with Crippen molar-refractivity contribution in [2.24, 2.45) is 0 Å². The van der Waals surface area contributed by atoms with E-state index >= 15 is 0 Å². The van der Waals surface area contributed by atoms with Gasteiger partial charge in [0.1, 0.15) is 11.3 Å². The van der Waals surface area contributed by atoms with E-state index in [1.165, 1.54) is 23.2 Å². The van der Waals surface area contributed by atoms with Gasteiger partial charge in [-0.1, -0.05) is 29.8 Å². The fourth-order valence-electron chi connectivity index (χ4n) is 4.05. The van der Waals surface area contributed by atoms with Gasteiger partial charge < -0.3 is 9.64 Å². The van der Waals surface area contributed by atoms with E-state index in [2.05, 4.69) is 9.72 Å². The number of alkyl halides is 3. The van der Waals surface area contributed by atoms with Gasteiger partial charge in [0.25, 0.3) is 5.91 Å². The fourth-order valence-corrected chi connectivity index (χ4v) is 4.26. The summed E-state index contributed by atoms with van der Waals surface area (Å²) in [5.74, 6) is -0.838. The van der Waals surface area contributed by atoms with Crippen LogP contribution in [-0.2, 0) is 11.3 Å². The number of para-hydroxylation sites is 1.